The lowest BCUT2D eigenvalue weighted by Gasteiger charge is -2.10. The van der Waals surface area contributed by atoms with Gasteiger partial charge in [-0.25, -0.2) is 4.39 Å². The summed E-state index contributed by atoms with van der Waals surface area (Å²) < 4.78 is 18.7. The molecule has 0 saturated heterocycles. The van der Waals surface area contributed by atoms with Gasteiger partial charge in [0, 0.05) is 6.07 Å². The van der Waals surface area contributed by atoms with Gasteiger partial charge in [0.05, 0.1) is 19.4 Å². The van der Waals surface area contributed by atoms with Crippen molar-refractivity contribution in [3.63, 3.8) is 0 Å². The van der Waals surface area contributed by atoms with Gasteiger partial charge < -0.3 is 4.74 Å². The predicted octanol–water partition coefficient (Wildman–Crippen LogP) is 5.60. The Morgan fingerprint density at radius 3 is 2.50 bits per heavy atom. The van der Waals surface area contributed by atoms with Crippen molar-refractivity contribution in [1.82, 2.24) is 0 Å². The van der Waals surface area contributed by atoms with Gasteiger partial charge in [-0.3, -0.25) is 10.1 Å². The number of benzene rings is 2. The van der Waals surface area contributed by atoms with Crippen LogP contribution in [0.4, 0.5) is 10.1 Å². The molecule has 0 aliphatic rings. The van der Waals surface area contributed by atoms with Crippen LogP contribution in [0.25, 0.3) is 0 Å². The summed E-state index contributed by atoms with van der Waals surface area (Å²) in [7, 11) is 0. The third kappa shape index (κ3) is 3.03. The van der Waals surface area contributed by atoms with Crippen LogP contribution in [0.5, 0.6) is 11.5 Å². The molecule has 0 amide bonds. The number of halogens is 4. The van der Waals surface area contributed by atoms with Crippen molar-refractivity contribution in [2.75, 3.05) is 0 Å². The van der Waals surface area contributed by atoms with Crippen LogP contribution in [0.2, 0.25) is 10.0 Å². The Morgan fingerprint density at radius 1 is 1.20 bits per heavy atom. The lowest BCUT2D eigenvalue weighted by molar-refractivity contribution is -0.386. The Morgan fingerprint density at radius 2 is 1.85 bits per heavy atom. The monoisotopic (exact) mass is 379 g/mol. The molecule has 0 heterocycles. The minimum atomic E-state index is -0.654. The number of hydrogen-bond acceptors (Lipinski definition) is 3. The number of rotatable bonds is 3. The molecule has 0 aliphatic heterocycles. The van der Waals surface area contributed by atoms with Crippen molar-refractivity contribution in [2.45, 2.75) is 0 Å². The highest BCUT2D eigenvalue weighted by Crippen LogP contribution is 2.43. The quantitative estimate of drug-likeness (QED) is 0.514. The molecule has 0 fully saturated rings. The lowest BCUT2D eigenvalue weighted by atomic mass is 10.3. The first-order chi connectivity index (χ1) is 9.40. The summed E-state index contributed by atoms with van der Waals surface area (Å²) >= 11 is 14.8. The molecular weight excluding hydrogens is 376 g/mol. The van der Waals surface area contributed by atoms with E-state index in [1.807, 2.05) is 0 Å². The maximum absolute atomic E-state index is 13.2. The Balaban J connectivity index is 2.56. The topological polar surface area (TPSA) is 52.4 Å². The van der Waals surface area contributed by atoms with Gasteiger partial charge in [0.15, 0.2) is 0 Å². The summed E-state index contributed by atoms with van der Waals surface area (Å²) in [6.45, 7) is 0. The van der Waals surface area contributed by atoms with Crippen LogP contribution < -0.4 is 4.74 Å². The van der Waals surface area contributed by atoms with Crippen molar-refractivity contribution in [3.8, 4) is 11.5 Å². The van der Waals surface area contributed by atoms with E-state index in [9.17, 15) is 14.5 Å². The summed E-state index contributed by atoms with van der Waals surface area (Å²) in [6.07, 6.45) is 0. The minimum absolute atomic E-state index is 0.0141. The molecule has 0 unspecified atom stereocenters. The Bertz CT molecular complexity index is 697. The second kappa shape index (κ2) is 5.95. The Labute approximate surface area is 131 Å². The average molecular weight is 381 g/mol. The summed E-state index contributed by atoms with van der Waals surface area (Å²) in [6, 6.07) is 6.28. The van der Waals surface area contributed by atoms with Gasteiger partial charge in [0.2, 0.25) is 5.75 Å². The SMILES string of the molecule is O=[N+]([O-])c1c(Br)ccc(Cl)c1Oc1cc(F)ccc1Cl. The molecule has 2 aromatic carbocycles. The summed E-state index contributed by atoms with van der Waals surface area (Å²) in [5.74, 6) is -0.855. The van der Waals surface area contributed by atoms with Crippen LogP contribution in [-0.4, -0.2) is 4.92 Å². The summed E-state index contributed by atoms with van der Waals surface area (Å²) in [5.41, 5.74) is -0.363. The Hall–Kier alpha value is -1.37. The van der Waals surface area contributed by atoms with E-state index in [0.29, 0.717) is 0 Å². The standard InChI is InChI=1S/C12H5BrCl2FNO3/c13-7-2-4-9(15)12(11(7)17(18)19)20-10-5-6(16)1-3-8(10)14/h1-5H. The molecule has 0 spiro atoms. The highest BCUT2D eigenvalue weighted by molar-refractivity contribution is 9.10. The summed E-state index contributed by atoms with van der Waals surface area (Å²) in [5, 5.41) is 11.2. The van der Waals surface area contributed by atoms with Crippen LogP contribution in [0.15, 0.2) is 34.8 Å². The van der Waals surface area contributed by atoms with Crippen LogP contribution in [-0.2, 0) is 0 Å². The molecule has 20 heavy (non-hydrogen) atoms. The molecule has 0 saturated carbocycles. The number of nitro benzene ring substituents is 1. The van der Waals surface area contributed by atoms with Gasteiger partial charge in [-0.2, -0.15) is 0 Å². The van der Waals surface area contributed by atoms with E-state index < -0.39 is 10.7 Å². The van der Waals surface area contributed by atoms with Gasteiger partial charge in [0.25, 0.3) is 0 Å². The van der Waals surface area contributed by atoms with Crippen molar-refractivity contribution >= 4 is 44.8 Å². The second-order valence-corrected chi connectivity index (χ2v) is 5.31. The van der Waals surface area contributed by atoms with E-state index in [0.717, 1.165) is 12.1 Å². The van der Waals surface area contributed by atoms with E-state index in [-0.39, 0.29) is 31.7 Å². The predicted molar refractivity (Wildman–Crippen MR) is 77.3 cm³/mol. The highest BCUT2D eigenvalue weighted by atomic mass is 79.9. The van der Waals surface area contributed by atoms with E-state index >= 15 is 0 Å². The molecule has 8 heteroatoms. The molecule has 104 valence electrons. The smallest absolute Gasteiger partial charge is 0.327 e. The van der Waals surface area contributed by atoms with Crippen LogP contribution in [0, 0.1) is 15.9 Å². The molecule has 4 nitrogen and oxygen atoms in total. The zero-order valence-corrected chi connectivity index (χ0v) is 12.7. The molecular formula is C12H5BrCl2FNO3. The fourth-order valence-corrected chi connectivity index (χ4v) is 2.26. The number of nitro groups is 1. The van der Waals surface area contributed by atoms with Crippen LogP contribution in [0.1, 0.15) is 0 Å². The highest BCUT2D eigenvalue weighted by Gasteiger charge is 2.24. The van der Waals surface area contributed by atoms with Gasteiger partial charge in [-0.05, 0) is 40.2 Å². The zero-order chi connectivity index (χ0) is 14.9. The van der Waals surface area contributed by atoms with Crippen molar-refractivity contribution in [1.29, 1.82) is 0 Å². The maximum atomic E-state index is 13.2. The molecule has 2 aromatic rings. The minimum Gasteiger partial charge on any atom is -0.447 e. The Kier molecular flexibility index (Phi) is 4.47. The van der Waals surface area contributed by atoms with E-state index in [1.165, 1.54) is 18.2 Å². The second-order valence-electron chi connectivity index (χ2n) is 3.64. The van der Waals surface area contributed by atoms with E-state index in [4.69, 9.17) is 27.9 Å². The summed E-state index contributed by atoms with van der Waals surface area (Å²) in [4.78, 5) is 10.4. The van der Waals surface area contributed by atoms with Crippen LogP contribution >= 0.6 is 39.1 Å². The molecule has 0 aromatic heterocycles. The first kappa shape index (κ1) is 15.0. The molecule has 2 rings (SSSR count). The van der Waals surface area contributed by atoms with Crippen molar-refractivity contribution in [3.05, 3.63) is 60.8 Å². The van der Waals surface area contributed by atoms with Gasteiger partial charge >= 0.3 is 5.69 Å². The fraction of sp³-hybridized carbons (Fsp3) is 0. The molecule has 0 bridgehead atoms. The third-order valence-electron chi connectivity index (χ3n) is 2.32. The largest absolute Gasteiger partial charge is 0.447 e. The van der Waals surface area contributed by atoms with E-state index in [2.05, 4.69) is 15.9 Å². The van der Waals surface area contributed by atoms with Crippen LogP contribution in [0.3, 0.4) is 0 Å². The molecule has 0 aliphatic carbocycles. The zero-order valence-electron chi connectivity index (χ0n) is 9.57. The fourth-order valence-electron chi connectivity index (χ4n) is 1.46. The van der Waals surface area contributed by atoms with Crippen molar-refractivity contribution in [2.24, 2.45) is 0 Å². The van der Waals surface area contributed by atoms with E-state index in [1.54, 1.807) is 0 Å². The molecule has 0 N–H and O–H groups in total. The van der Waals surface area contributed by atoms with Gasteiger partial charge in [0.1, 0.15) is 11.6 Å². The lowest BCUT2D eigenvalue weighted by Crippen LogP contribution is -1.96. The van der Waals surface area contributed by atoms with Gasteiger partial charge in [-0.15, -0.1) is 0 Å². The molecule has 0 atom stereocenters. The maximum Gasteiger partial charge on any atom is 0.327 e. The average Bonchev–Trinajstić information content (AvgIpc) is 2.37. The van der Waals surface area contributed by atoms with Gasteiger partial charge in [-0.1, -0.05) is 23.2 Å². The first-order valence-electron chi connectivity index (χ1n) is 5.15. The first-order valence-corrected chi connectivity index (χ1v) is 6.70. The number of ether oxygens (including phenoxy) is 1. The number of hydrogen-bond donors (Lipinski definition) is 0. The normalized spacial score (nSPS) is 10.4. The number of nitrogens with zero attached hydrogens (tertiary/aromatic N) is 1. The molecule has 0 radical (unpaired) electrons. The van der Waals surface area contributed by atoms with Crippen molar-refractivity contribution < 1.29 is 14.1 Å². The third-order valence-corrected chi connectivity index (χ3v) is 3.57.